The van der Waals surface area contributed by atoms with Crippen molar-refractivity contribution in [2.75, 3.05) is 13.1 Å². The summed E-state index contributed by atoms with van der Waals surface area (Å²) >= 11 is 5.10. The highest BCUT2D eigenvalue weighted by Crippen LogP contribution is 2.30. The molecule has 0 saturated heterocycles. The standard InChI is InChI=1S/C7H7ClF3NO/c8-6(13)12-3-1-5(2-4-12)7(9,10)11/h1H,2-4H2. The lowest BCUT2D eigenvalue weighted by atomic mass is 10.1. The van der Waals surface area contributed by atoms with Crippen molar-refractivity contribution in [1.82, 2.24) is 4.90 Å². The zero-order chi connectivity index (χ0) is 10.1. The van der Waals surface area contributed by atoms with Crippen molar-refractivity contribution < 1.29 is 18.0 Å². The summed E-state index contributed by atoms with van der Waals surface area (Å²) in [5.41, 5.74) is -0.582. The van der Waals surface area contributed by atoms with Crippen LogP contribution in [0.2, 0.25) is 0 Å². The quantitative estimate of drug-likeness (QED) is 0.344. The third-order valence-electron chi connectivity index (χ3n) is 1.82. The Balaban J connectivity index is 2.63. The SMILES string of the molecule is O=C(Cl)N1CC=C(C(F)(F)F)CC1. The molecule has 1 aliphatic rings. The fourth-order valence-electron chi connectivity index (χ4n) is 1.09. The first kappa shape index (κ1) is 10.4. The topological polar surface area (TPSA) is 20.3 Å². The number of halogens is 4. The van der Waals surface area contributed by atoms with Crippen molar-refractivity contribution >= 4 is 17.0 Å². The summed E-state index contributed by atoms with van der Waals surface area (Å²) in [4.78, 5) is 11.7. The van der Waals surface area contributed by atoms with Crippen molar-refractivity contribution in [2.45, 2.75) is 12.6 Å². The molecule has 2 nitrogen and oxygen atoms in total. The van der Waals surface area contributed by atoms with Crippen LogP contribution in [0.1, 0.15) is 6.42 Å². The smallest absolute Gasteiger partial charge is 0.325 e. The van der Waals surface area contributed by atoms with Crippen LogP contribution in [0.3, 0.4) is 0 Å². The summed E-state index contributed by atoms with van der Waals surface area (Å²) in [5.74, 6) is 0. The maximum Gasteiger partial charge on any atom is 0.412 e. The van der Waals surface area contributed by atoms with Crippen LogP contribution in [0.4, 0.5) is 18.0 Å². The molecule has 0 aromatic heterocycles. The summed E-state index contributed by atoms with van der Waals surface area (Å²) in [6.45, 7) is -0.0230. The number of nitrogens with zero attached hydrogens (tertiary/aromatic N) is 1. The van der Waals surface area contributed by atoms with Crippen LogP contribution < -0.4 is 0 Å². The second-order valence-electron chi connectivity index (χ2n) is 2.68. The maximum atomic E-state index is 12.1. The lowest BCUT2D eigenvalue weighted by Crippen LogP contribution is -2.33. The van der Waals surface area contributed by atoms with Crippen LogP contribution in [0, 0.1) is 0 Å². The molecule has 74 valence electrons. The van der Waals surface area contributed by atoms with Crippen molar-refractivity contribution in [1.29, 1.82) is 0 Å². The minimum absolute atomic E-state index is 0.0354. The van der Waals surface area contributed by atoms with Gasteiger partial charge in [0, 0.05) is 18.7 Å². The highest BCUT2D eigenvalue weighted by Gasteiger charge is 2.35. The average Bonchev–Trinajstić information content (AvgIpc) is 2.03. The van der Waals surface area contributed by atoms with Gasteiger partial charge in [0.1, 0.15) is 0 Å². The zero-order valence-electron chi connectivity index (χ0n) is 6.57. The first-order valence-corrected chi connectivity index (χ1v) is 3.99. The van der Waals surface area contributed by atoms with E-state index >= 15 is 0 Å². The van der Waals surface area contributed by atoms with Gasteiger partial charge in [0.2, 0.25) is 0 Å². The Bertz CT molecular complexity index is 249. The fraction of sp³-hybridized carbons (Fsp3) is 0.571. The van der Waals surface area contributed by atoms with Crippen molar-refractivity contribution in [3.05, 3.63) is 11.6 Å². The zero-order valence-corrected chi connectivity index (χ0v) is 7.32. The molecule has 0 spiro atoms. The number of hydrogen-bond donors (Lipinski definition) is 0. The summed E-state index contributed by atoms with van der Waals surface area (Å²) in [6.07, 6.45) is -3.47. The van der Waals surface area contributed by atoms with E-state index in [-0.39, 0.29) is 19.5 Å². The summed E-state index contributed by atoms with van der Waals surface area (Å²) in [7, 11) is 0. The molecule has 0 bridgehead atoms. The van der Waals surface area contributed by atoms with E-state index in [1.165, 1.54) is 0 Å². The Hall–Kier alpha value is -0.710. The second kappa shape index (κ2) is 3.57. The molecule has 0 aromatic carbocycles. The average molecular weight is 214 g/mol. The third-order valence-corrected chi connectivity index (χ3v) is 2.06. The lowest BCUT2D eigenvalue weighted by molar-refractivity contribution is -0.0955. The molecule has 0 aromatic rings. The number of hydrogen-bond acceptors (Lipinski definition) is 1. The van der Waals surface area contributed by atoms with Crippen molar-refractivity contribution in [3.8, 4) is 0 Å². The Morgan fingerprint density at radius 1 is 1.54 bits per heavy atom. The summed E-state index contributed by atoms with van der Waals surface area (Å²) < 4.78 is 36.2. The van der Waals surface area contributed by atoms with Gasteiger partial charge in [-0.1, -0.05) is 6.08 Å². The third kappa shape index (κ3) is 2.62. The predicted molar refractivity (Wildman–Crippen MR) is 41.6 cm³/mol. The van der Waals surface area contributed by atoms with E-state index in [1.807, 2.05) is 0 Å². The van der Waals surface area contributed by atoms with Crippen LogP contribution in [0.5, 0.6) is 0 Å². The fourth-order valence-corrected chi connectivity index (χ4v) is 1.24. The minimum atomic E-state index is -4.28. The first-order valence-electron chi connectivity index (χ1n) is 3.62. The molecule has 0 atom stereocenters. The van der Waals surface area contributed by atoms with Gasteiger partial charge in [-0.15, -0.1) is 0 Å². The minimum Gasteiger partial charge on any atom is -0.325 e. The normalized spacial score (nSPS) is 18.5. The molecule has 0 unspecified atom stereocenters. The van der Waals surface area contributed by atoms with E-state index in [4.69, 9.17) is 11.6 Å². The Kier molecular flexibility index (Phi) is 2.85. The monoisotopic (exact) mass is 213 g/mol. The lowest BCUT2D eigenvalue weighted by Gasteiger charge is -2.24. The molecule has 1 aliphatic heterocycles. The molecule has 1 rings (SSSR count). The molecular formula is C7H7ClF3NO. The molecule has 1 heterocycles. The van der Waals surface area contributed by atoms with Crippen LogP contribution in [-0.4, -0.2) is 29.5 Å². The molecule has 1 amide bonds. The number of alkyl halides is 3. The second-order valence-corrected chi connectivity index (χ2v) is 3.00. The van der Waals surface area contributed by atoms with Gasteiger partial charge in [-0.2, -0.15) is 13.2 Å². The van der Waals surface area contributed by atoms with Gasteiger partial charge >= 0.3 is 11.5 Å². The van der Waals surface area contributed by atoms with E-state index in [0.717, 1.165) is 11.0 Å². The van der Waals surface area contributed by atoms with Gasteiger partial charge in [-0.25, -0.2) is 0 Å². The van der Waals surface area contributed by atoms with Crippen LogP contribution in [0.25, 0.3) is 0 Å². The predicted octanol–water partition coefficient (Wildman–Crippen LogP) is 2.54. The molecule has 0 N–H and O–H groups in total. The van der Waals surface area contributed by atoms with Crippen LogP contribution >= 0.6 is 11.6 Å². The maximum absolute atomic E-state index is 12.1. The van der Waals surface area contributed by atoms with E-state index in [9.17, 15) is 18.0 Å². The van der Waals surface area contributed by atoms with Crippen molar-refractivity contribution in [3.63, 3.8) is 0 Å². The molecule has 0 aliphatic carbocycles. The summed E-state index contributed by atoms with van der Waals surface area (Å²) in [6, 6.07) is 0. The molecule has 0 radical (unpaired) electrons. The van der Waals surface area contributed by atoms with Gasteiger partial charge < -0.3 is 4.90 Å². The Morgan fingerprint density at radius 2 is 2.15 bits per heavy atom. The van der Waals surface area contributed by atoms with E-state index in [2.05, 4.69) is 0 Å². The molecule has 0 fully saturated rings. The van der Waals surface area contributed by atoms with Crippen LogP contribution in [0.15, 0.2) is 11.6 Å². The van der Waals surface area contributed by atoms with Gasteiger partial charge in [0.15, 0.2) is 0 Å². The van der Waals surface area contributed by atoms with Gasteiger partial charge in [0.25, 0.3) is 0 Å². The largest absolute Gasteiger partial charge is 0.412 e. The van der Waals surface area contributed by atoms with Gasteiger partial charge in [-0.05, 0) is 18.0 Å². The molecule has 0 saturated carbocycles. The summed E-state index contributed by atoms with van der Waals surface area (Å²) in [5, 5.41) is -0.711. The number of carbonyl (C=O) groups excluding carboxylic acids is 1. The number of rotatable bonds is 0. The van der Waals surface area contributed by atoms with Gasteiger partial charge in [-0.3, -0.25) is 4.79 Å². The first-order chi connectivity index (χ1) is 5.91. The Labute approximate surface area is 78.0 Å². The number of amides is 1. The van der Waals surface area contributed by atoms with Crippen molar-refractivity contribution in [2.24, 2.45) is 0 Å². The van der Waals surface area contributed by atoms with E-state index in [0.29, 0.717) is 0 Å². The molecular weight excluding hydrogens is 207 g/mol. The highest BCUT2D eigenvalue weighted by molar-refractivity contribution is 6.62. The molecule has 13 heavy (non-hydrogen) atoms. The van der Waals surface area contributed by atoms with E-state index in [1.54, 1.807) is 0 Å². The highest BCUT2D eigenvalue weighted by atomic mass is 35.5. The van der Waals surface area contributed by atoms with Crippen LogP contribution in [-0.2, 0) is 0 Å². The van der Waals surface area contributed by atoms with E-state index < -0.39 is 17.1 Å². The molecule has 6 heteroatoms. The van der Waals surface area contributed by atoms with Gasteiger partial charge in [0.05, 0.1) is 0 Å². The number of carbonyl (C=O) groups is 1. The Morgan fingerprint density at radius 3 is 2.46 bits per heavy atom.